The number of hydrogen-bond acceptors (Lipinski definition) is 4. The van der Waals surface area contributed by atoms with Crippen LogP contribution in [0.2, 0.25) is 0 Å². The van der Waals surface area contributed by atoms with Crippen LogP contribution in [0.5, 0.6) is 0 Å². The number of likely N-dealkylation sites (tertiary alicyclic amines) is 1. The first-order chi connectivity index (χ1) is 7.56. The van der Waals surface area contributed by atoms with E-state index < -0.39 is 0 Å². The highest BCUT2D eigenvalue weighted by molar-refractivity contribution is 7.98. The van der Waals surface area contributed by atoms with Crippen molar-refractivity contribution in [1.29, 1.82) is 0 Å². The van der Waals surface area contributed by atoms with Crippen LogP contribution >= 0.6 is 24.2 Å². The Hall–Kier alpha value is 0.0300. The van der Waals surface area contributed by atoms with Gasteiger partial charge in [0.1, 0.15) is 0 Å². The van der Waals surface area contributed by atoms with E-state index in [9.17, 15) is 4.79 Å². The van der Waals surface area contributed by atoms with Crippen molar-refractivity contribution in [1.82, 2.24) is 9.80 Å². The molecule has 1 fully saturated rings. The van der Waals surface area contributed by atoms with E-state index in [0.717, 1.165) is 31.7 Å². The summed E-state index contributed by atoms with van der Waals surface area (Å²) in [5, 5.41) is 0. The van der Waals surface area contributed by atoms with Gasteiger partial charge >= 0.3 is 0 Å². The fraction of sp³-hybridized carbons (Fsp3) is 0.909. The van der Waals surface area contributed by atoms with Crippen LogP contribution in [-0.2, 0) is 4.79 Å². The quantitative estimate of drug-likeness (QED) is 0.804. The van der Waals surface area contributed by atoms with E-state index in [-0.39, 0.29) is 24.4 Å². The number of carbonyl (C=O) groups excluding carboxylic acids is 1. The highest BCUT2D eigenvalue weighted by Crippen LogP contribution is 2.14. The second-order valence-electron chi connectivity index (χ2n) is 4.58. The highest BCUT2D eigenvalue weighted by Gasteiger charge is 2.29. The van der Waals surface area contributed by atoms with Gasteiger partial charge in [-0.25, -0.2) is 0 Å². The van der Waals surface area contributed by atoms with Gasteiger partial charge < -0.3 is 15.5 Å². The molecule has 102 valence electrons. The number of nitrogens with zero attached hydrogens (tertiary/aromatic N) is 2. The van der Waals surface area contributed by atoms with Gasteiger partial charge in [0.15, 0.2) is 0 Å². The lowest BCUT2D eigenvalue weighted by molar-refractivity contribution is -0.131. The second kappa shape index (κ2) is 8.19. The zero-order chi connectivity index (χ0) is 12.1. The SMILES string of the molecule is CSCC[C@H](N)C(=O)N1CCC(N(C)C)C1.Cl. The van der Waals surface area contributed by atoms with Gasteiger partial charge in [-0.05, 0) is 38.9 Å². The fourth-order valence-corrected chi connectivity index (χ4v) is 2.46. The zero-order valence-electron chi connectivity index (χ0n) is 10.9. The molecular formula is C11H24ClN3OS. The molecule has 1 saturated heterocycles. The Labute approximate surface area is 115 Å². The summed E-state index contributed by atoms with van der Waals surface area (Å²) < 4.78 is 0. The Balaban J connectivity index is 0.00000256. The van der Waals surface area contributed by atoms with Crippen LogP contribution in [-0.4, -0.2) is 67.0 Å². The van der Waals surface area contributed by atoms with Gasteiger partial charge in [0.25, 0.3) is 0 Å². The molecule has 0 aromatic carbocycles. The standard InChI is InChI=1S/C11H23N3OS.ClH/c1-13(2)9-4-6-14(8-9)11(15)10(12)5-7-16-3;/h9-10H,4-8,12H2,1-3H3;1H/t9?,10-;/m0./s1. The molecule has 1 amide bonds. The number of thioether (sulfide) groups is 1. The summed E-state index contributed by atoms with van der Waals surface area (Å²) in [7, 11) is 4.12. The zero-order valence-corrected chi connectivity index (χ0v) is 12.5. The van der Waals surface area contributed by atoms with Gasteiger partial charge in [-0.1, -0.05) is 0 Å². The topological polar surface area (TPSA) is 49.6 Å². The van der Waals surface area contributed by atoms with Crippen molar-refractivity contribution >= 4 is 30.1 Å². The van der Waals surface area contributed by atoms with Gasteiger partial charge in [-0.15, -0.1) is 12.4 Å². The summed E-state index contributed by atoms with van der Waals surface area (Å²) in [5.41, 5.74) is 5.89. The Morgan fingerprint density at radius 2 is 2.24 bits per heavy atom. The molecule has 1 aliphatic heterocycles. The van der Waals surface area contributed by atoms with Crippen molar-refractivity contribution in [3.63, 3.8) is 0 Å². The fourth-order valence-electron chi connectivity index (χ4n) is 1.97. The molecule has 1 unspecified atom stereocenters. The van der Waals surface area contributed by atoms with Crippen LogP contribution in [0.4, 0.5) is 0 Å². The lowest BCUT2D eigenvalue weighted by Crippen LogP contribution is -2.44. The third kappa shape index (κ3) is 5.04. The van der Waals surface area contributed by atoms with Gasteiger partial charge in [0, 0.05) is 19.1 Å². The summed E-state index contributed by atoms with van der Waals surface area (Å²) in [6.07, 6.45) is 3.88. The third-order valence-corrected chi connectivity index (χ3v) is 3.80. The molecule has 2 atom stereocenters. The molecule has 6 heteroatoms. The number of nitrogens with two attached hydrogens (primary N) is 1. The van der Waals surface area contributed by atoms with E-state index in [1.807, 2.05) is 11.2 Å². The average molecular weight is 282 g/mol. The molecule has 2 N–H and O–H groups in total. The lowest BCUT2D eigenvalue weighted by atomic mass is 10.2. The Morgan fingerprint density at radius 1 is 1.59 bits per heavy atom. The molecule has 1 rings (SSSR count). The minimum absolute atomic E-state index is 0. The van der Waals surface area contributed by atoms with Gasteiger partial charge in [-0.2, -0.15) is 11.8 Å². The first-order valence-corrected chi connectivity index (χ1v) is 7.15. The molecule has 0 bridgehead atoms. The van der Waals surface area contributed by atoms with Crippen LogP contribution < -0.4 is 5.73 Å². The minimum Gasteiger partial charge on any atom is -0.340 e. The van der Waals surface area contributed by atoms with E-state index >= 15 is 0 Å². The molecule has 0 radical (unpaired) electrons. The first-order valence-electron chi connectivity index (χ1n) is 5.76. The Bertz CT molecular complexity index is 241. The van der Waals surface area contributed by atoms with Crippen LogP contribution in [0.15, 0.2) is 0 Å². The molecule has 0 saturated carbocycles. The largest absolute Gasteiger partial charge is 0.340 e. The Kier molecular flexibility index (Phi) is 8.20. The molecule has 0 aliphatic carbocycles. The van der Waals surface area contributed by atoms with E-state index in [0.29, 0.717) is 6.04 Å². The summed E-state index contributed by atoms with van der Waals surface area (Å²) in [5.74, 6) is 1.08. The van der Waals surface area contributed by atoms with Crippen LogP contribution in [0, 0.1) is 0 Å². The number of halogens is 1. The van der Waals surface area contributed by atoms with Crippen LogP contribution in [0.25, 0.3) is 0 Å². The lowest BCUT2D eigenvalue weighted by Gasteiger charge is -2.22. The van der Waals surface area contributed by atoms with Crippen LogP contribution in [0.1, 0.15) is 12.8 Å². The first kappa shape index (κ1) is 17.0. The smallest absolute Gasteiger partial charge is 0.239 e. The number of rotatable bonds is 5. The van der Waals surface area contributed by atoms with Gasteiger partial charge in [-0.3, -0.25) is 4.79 Å². The normalized spacial score (nSPS) is 21.5. The molecule has 0 spiro atoms. The Morgan fingerprint density at radius 3 is 2.71 bits per heavy atom. The van der Waals surface area contributed by atoms with Crippen molar-refractivity contribution < 1.29 is 4.79 Å². The van der Waals surface area contributed by atoms with Gasteiger partial charge in [0.2, 0.25) is 5.91 Å². The molecule has 4 nitrogen and oxygen atoms in total. The van der Waals surface area contributed by atoms with E-state index in [1.165, 1.54) is 0 Å². The van der Waals surface area contributed by atoms with Gasteiger partial charge in [0.05, 0.1) is 6.04 Å². The molecule has 0 aromatic heterocycles. The predicted octanol–water partition coefficient (Wildman–Crippen LogP) is 0.651. The van der Waals surface area contributed by atoms with E-state index in [2.05, 4.69) is 19.0 Å². The number of likely N-dealkylation sites (N-methyl/N-ethyl adjacent to an activating group) is 1. The monoisotopic (exact) mass is 281 g/mol. The van der Waals surface area contributed by atoms with Crippen LogP contribution in [0.3, 0.4) is 0 Å². The van der Waals surface area contributed by atoms with Crippen molar-refractivity contribution in [2.75, 3.05) is 39.2 Å². The molecule has 1 heterocycles. The maximum absolute atomic E-state index is 12.0. The summed E-state index contributed by atoms with van der Waals surface area (Å²) >= 11 is 1.74. The van der Waals surface area contributed by atoms with Crippen molar-refractivity contribution in [2.45, 2.75) is 24.9 Å². The number of carbonyl (C=O) groups is 1. The third-order valence-electron chi connectivity index (χ3n) is 3.16. The molecular weight excluding hydrogens is 258 g/mol. The molecule has 1 aliphatic rings. The second-order valence-corrected chi connectivity index (χ2v) is 5.56. The van der Waals surface area contributed by atoms with Crippen molar-refractivity contribution in [3.8, 4) is 0 Å². The van der Waals surface area contributed by atoms with E-state index in [1.54, 1.807) is 11.8 Å². The predicted molar refractivity (Wildman–Crippen MR) is 76.9 cm³/mol. The van der Waals surface area contributed by atoms with Crippen molar-refractivity contribution in [2.24, 2.45) is 5.73 Å². The summed E-state index contributed by atoms with van der Waals surface area (Å²) in [4.78, 5) is 16.1. The minimum atomic E-state index is -0.312. The summed E-state index contributed by atoms with van der Waals surface area (Å²) in [6, 6.07) is 0.185. The number of hydrogen-bond donors (Lipinski definition) is 1. The maximum Gasteiger partial charge on any atom is 0.239 e. The molecule has 17 heavy (non-hydrogen) atoms. The number of amides is 1. The summed E-state index contributed by atoms with van der Waals surface area (Å²) in [6.45, 7) is 1.69. The van der Waals surface area contributed by atoms with Crippen molar-refractivity contribution in [3.05, 3.63) is 0 Å². The average Bonchev–Trinajstić information content (AvgIpc) is 2.74. The molecule has 0 aromatic rings. The highest BCUT2D eigenvalue weighted by atomic mass is 35.5. The maximum atomic E-state index is 12.0. The van der Waals surface area contributed by atoms with E-state index in [4.69, 9.17) is 5.73 Å².